The van der Waals surface area contributed by atoms with Gasteiger partial charge in [-0.05, 0) is 24.6 Å². The molecule has 2 heterocycles. The molecule has 2 saturated heterocycles. The zero-order valence-electron chi connectivity index (χ0n) is 15.7. The van der Waals surface area contributed by atoms with E-state index in [-0.39, 0.29) is 11.8 Å². The van der Waals surface area contributed by atoms with Gasteiger partial charge in [-0.25, -0.2) is 0 Å². The molecule has 0 saturated carbocycles. The van der Waals surface area contributed by atoms with E-state index in [4.69, 9.17) is 16.3 Å². The predicted molar refractivity (Wildman–Crippen MR) is 105 cm³/mol. The van der Waals surface area contributed by atoms with Gasteiger partial charge in [0.25, 0.3) is 0 Å². The van der Waals surface area contributed by atoms with Gasteiger partial charge in [0.15, 0.2) is 0 Å². The number of piperazine rings is 1. The van der Waals surface area contributed by atoms with Crippen molar-refractivity contribution >= 4 is 29.1 Å². The van der Waals surface area contributed by atoms with Crippen molar-refractivity contribution in [1.82, 2.24) is 14.7 Å². The third kappa shape index (κ3) is 5.65. The smallest absolute Gasteiger partial charge is 0.238 e. The summed E-state index contributed by atoms with van der Waals surface area (Å²) < 4.78 is 5.29. The molecule has 3 rings (SSSR count). The topological polar surface area (TPSA) is 65.1 Å². The van der Waals surface area contributed by atoms with Gasteiger partial charge in [-0.2, -0.15) is 0 Å². The second kappa shape index (κ2) is 9.50. The summed E-state index contributed by atoms with van der Waals surface area (Å²) >= 11 is 6.10. The van der Waals surface area contributed by atoms with Crippen LogP contribution in [0.25, 0.3) is 0 Å². The summed E-state index contributed by atoms with van der Waals surface area (Å²) in [7, 11) is 0. The first-order chi connectivity index (χ1) is 13.0. The fourth-order valence-electron chi connectivity index (χ4n) is 3.35. The molecule has 0 radical (unpaired) electrons. The van der Waals surface area contributed by atoms with E-state index in [2.05, 4.69) is 15.1 Å². The van der Waals surface area contributed by atoms with Crippen LogP contribution in [-0.2, 0) is 14.3 Å². The lowest BCUT2D eigenvalue weighted by Gasteiger charge is -2.35. The number of benzene rings is 1. The van der Waals surface area contributed by atoms with Crippen molar-refractivity contribution in [2.24, 2.45) is 0 Å². The van der Waals surface area contributed by atoms with Gasteiger partial charge in [0.1, 0.15) is 0 Å². The molecule has 1 N–H and O–H groups in total. The Morgan fingerprint density at radius 2 is 1.67 bits per heavy atom. The molecule has 2 fully saturated rings. The van der Waals surface area contributed by atoms with Crippen molar-refractivity contribution in [3.8, 4) is 0 Å². The minimum absolute atomic E-state index is 0.0433. The standard InChI is InChI=1S/C19H27ClN4O3/c1-15-16(20)3-2-4-17(15)21-18(25)13-22-5-7-23(8-6-22)14-19(26)24-9-11-27-12-10-24/h2-4H,5-14H2,1H3,(H,21,25). The summed E-state index contributed by atoms with van der Waals surface area (Å²) in [4.78, 5) is 30.8. The van der Waals surface area contributed by atoms with Crippen LogP contribution in [0.5, 0.6) is 0 Å². The lowest BCUT2D eigenvalue weighted by molar-refractivity contribution is -0.137. The zero-order chi connectivity index (χ0) is 19.2. The van der Waals surface area contributed by atoms with Crippen molar-refractivity contribution < 1.29 is 14.3 Å². The zero-order valence-corrected chi connectivity index (χ0v) is 16.5. The number of nitrogens with zero attached hydrogens (tertiary/aromatic N) is 3. The Balaban J connectivity index is 1.40. The summed E-state index contributed by atoms with van der Waals surface area (Å²) in [5, 5.41) is 3.58. The maximum absolute atomic E-state index is 12.3. The SMILES string of the molecule is Cc1c(Cl)cccc1NC(=O)CN1CCN(CC(=O)N2CCOCC2)CC1. The highest BCUT2D eigenvalue weighted by molar-refractivity contribution is 6.31. The number of carbonyl (C=O) groups excluding carboxylic acids is 2. The highest BCUT2D eigenvalue weighted by Gasteiger charge is 2.23. The predicted octanol–water partition coefficient (Wildman–Crippen LogP) is 1.06. The van der Waals surface area contributed by atoms with E-state index >= 15 is 0 Å². The van der Waals surface area contributed by atoms with Crippen molar-refractivity contribution in [3.05, 3.63) is 28.8 Å². The first kappa shape index (κ1) is 20.1. The van der Waals surface area contributed by atoms with E-state index in [9.17, 15) is 9.59 Å². The van der Waals surface area contributed by atoms with Crippen molar-refractivity contribution in [2.75, 3.05) is 70.9 Å². The average molecular weight is 395 g/mol. The molecule has 0 unspecified atom stereocenters. The second-order valence-corrected chi connectivity index (χ2v) is 7.41. The molecule has 148 valence electrons. The van der Waals surface area contributed by atoms with Crippen LogP contribution in [-0.4, -0.2) is 92.1 Å². The number of hydrogen-bond acceptors (Lipinski definition) is 5. The minimum atomic E-state index is -0.0433. The Kier molecular flexibility index (Phi) is 7.07. The summed E-state index contributed by atoms with van der Waals surface area (Å²) in [6, 6.07) is 5.49. The third-order valence-corrected chi connectivity index (χ3v) is 5.51. The van der Waals surface area contributed by atoms with E-state index in [1.54, 1.807) is 0 Å². The quantitative estimate of drug-likeness (QED) is 0.809. The Morgan fingerprint density at radius 3 is 2.33 bits per heavy atom. The van der Waals surface area contributed by atoms with Crippen LogP contribution in [0.4, 0.5) is 5.69 Å². The molecule has 0 aliphatic carbocycles. The molecular formula is C19H27ClN4O3. The van der Waals surface area contributed by atoms with Gasteiger partial charge in [-0.3, -0.25) is 19.4 Å². The average Bonchev–Trinajstić information content (AvgIpc) is 2.67. The molecule has 2 aliphatic heterocycles. The maximum Gasteiger partial charge on any atom is 0.238 e. The molecule has 0 aromatic heterocycles. The fraction of sp³-hybridized carbons (Fsp3) is 0.579. The van der Waals surface area contributed by atoms with Crippen LogP contribution < -0.4 is 5.32 Å². The number of nitrogens with one attached hydrogen (secondary N) is 1. The first-order valence-corrected chi connectivity index (χ1v) is 9.76. The number of rotatable bonds is 5. The van der Waals surface area contributed by atoms with E-state index in [1.807, 2.05) is 30.0 Å². The van der Waals surface area contributed by atoms with Crippen LogP contribution in [0.1, 0.15) is 5.56 Å². The van der Waals surface area contributed by atoms with Gasteiger partial charge in [0.05, 0.1) is 26.3 Å². The fourth-order valence-corrected chi connectivity index (χ4v) is 3.52. The highest BCUT2D eigenvalue weighted by Crippen LogP contribution is 2.22. The van der Waals surface area contributed by atoms with Gasteiger partial charge in [0.2, 0.25) is 11.8 Å². The van der Waals surface area contributed by atoms with E-state index in [1.165, 1.54) is 0 Å². The molecule has 2 amide bonds. The monoisotopic (exact) mass is 394 g/mol. The van der Waals surface area contributed by atoms with Crippen LogP contribution in [0.2, 0.25) is 5.02 Å². The molecule has 0 spiro atoms. The van der Waals surface area contributed by atoms with Crippen molar-refractivity contribution in [3.63, 3.8) is 0 Å². The van der Waals surface area contributed by atoms with Crippen LogP contribution in [0.3, 0.4) is 0 Å². The number of hydrogen-bond donors (Lipinski definition) is 1. The number of carbonyl (C=O) groups is 2. The van der Waals surface area contributed by atoms with Gasteiger partial charge >= 0.3 is 0 Å². The maximum atomic E-state index is 12.3. The lowest BCUT2D eigenvalue weighted by Crippen LogP contribution is -2.52. The van der Waals surface area contributed by atoms with Crippen LogP contribution in [0.15, 0.2) is 18.2 Å². The molecule has 27 heavy (non-hydrogen) atoms. The Morgan fingerprint density at radius 1 is 1.04 bits per heavy atom. The van der Waals surface area contributed by atoms with Crippen molar-refractivity contribution in [2.45, 2.75) is 6.92 Å². The molecular weight excluding hydrogens is 368 g/mol. The summed E-state index contributed by atoms with van der Waals surface area (Å²) in [5.74, 6) is 0.124. The number of morpholine rings is 1. The first-order valence-electron chi connectivity index (χ1n) is 9.38. The Labute approximate surface area is 165 Å². The largest absolute Gasteiger partial charge is 0.378 e. The third-order valence-electron chi connectivity index (χ3n) is 5.10. The minimum Gasteiger partial charge on any atom is -0.378 e. The lowest BCUT2D eigenvalue weighted by atomic mass is 10.2. The summed E-state index contributed by atoms with van der Waals surface area (Å²) in [6.07, 6.45) is 0. The van der Waals surface area contributed by atoms with Gasteiger partial charge in [0, 0.05) is 50.0 Å². The van der Waals surface area contributed by atoms with Gasteiger partial charge in [-0.15, -0.1) is 0 Å². The number of anilines is 1. The number of ether oxygens (including phenoxy) is 1. The van der Waals surface area contributed by atoms with E-state index in [0.29, 0.717) is 44.4 Å². The highest BCUT2D eigenvalue weighted by atomic mass is 35.5. The van der Waals surface area contributed by atoms with E-state index < -0.39 is 0 Å². The molecule has 0 atom stereocenters. The molecule has 1 aromatic rings. The Hall–Kier alpha value is -1.67. The molecule has 0 bridgehead atoms. The molecule has 8 heteroatoms. The van der Waals surface area contributed by atoms with Gasteiger partial charge in [-0.1, -0.05) is 17.7 Å². The Bertz CT molecular complexity index is 671. The van der Waals surface area contributed by atoms with E-state index in [0.717, 1.165) is 37.4 Å². The second-order valence-electron chi connectivity index (χ2n) is 7.01. The number of amides is 2. The molecule has 2 aliphatic rings. The van der Waals surface area contributed by atoms with Crippen LogP contribution in [0, 0.1) is 6.92 Å². The molecule has 1 aromatic carbocycles. The number of halogens is 1. The van der Waals surface area contributed by atoms with Crippen LogP contribution >= 0.6 is 11.6 Å². The van der Waals surface area contributed by atoms with Crippen molar-refractivity contribution in [1.29, 1.82) is 0 Å². The normalized spacial score (nSPS) is 19.1. The molecule has 7 nitrogen and oxygen atoms in total. The van der Waals surface area contributed by atoms with Gasteiger partial charge < -0.3 is 15.0 Å². The summed E-state index contributed by atoms with van der Waals surface area (Å²) in [5.41, 5.74) is 1.63. The summed E-state index contributed by atoms with van der Waals surface area (Å²) in [6.45, 7) is 8.43.